The van der Waals surface area contributed by atoms with Crippen molar-refractivity contribution in [2.45, 2.75) is 39.0 Å². The number of halogens is 2. The number of benzene rings is 2. The van der Waals surface area contributed by atoms with E-state index in [0.717, 1.165) is 18.1 Å². The Bertz CT molecular complexity index is 544. The first-order chi connectivity index (χ1) is 9.72. The molecule has 0 saturated heterocycles. The summed E-state index contributed by atoms with van der Waals surface area (Å²) in [5, 5.41) is 0. The zero-order valence-corrected chi connectivity index (χ0v) is 11.8. The zero-order valence-electron chi connectivity index (χ0n) is 11.8. The highest BCUT2D eigenvalue weighted by Crippen LogP contribution is 2.25. The predicted octanol–water partition coefficient (Wildman–Crippen LogP) is 5.75. The van der Waals surface area contributed by atoms with Gasteiger partial charge in [0.25, 0.3) is 0 Å². The number of rotatable bonds is 6. The van der Waals surface area contributed by atoms with E-state index in [4.69, 9.17) is 0 Å². The van der Waals surface area contributed by atoms with E-state index < -0.39 is 11.6 Å². The van der Waals surface area contributed by atoms with Gasteiger partial charge in [-0.2, -0.15) is 0 Å². The lowest BCUT2D eigenvalue weighted by Crippen LogP contribution is -1.90. The van der Waals surface area contributed by atoms with Gasteiger partial charge in [-0.1, -0.05) is 62.6 Å². The SMILES string of the molecule is CCCCCCc1ccc(-c2cccc(F)c2F)cc1. The van der Waals surface area contributed by atoms with Gasteiger partial charge in [-0.3, -0.25) is 0 Å². The van der Waals surface area contributed by atoms with E-state index in [1.54, 1.807) is 6.07 Å². The summed E-state index contributed by atoms with van der Waals surface area (Å²) in [5.74, 6) is -1.57. The van der Waals surface area contributed by atoms with Gasteiger partial charge in [0.15, 0.2) is 11.6 Å². The van der Waals surface area contributed by atoms with Crippen LogP contribution in [-0.2, 0) is 6.42 Å². The molecule has 0 bridgehead atoms. The first-order valence-corrected chi connectivity index (χ1v) is 7.25. The standard InChI is InChI=1S/C18H20F2/c1-2-3-4-5-7-14-10-12-15(13-11-14)16-8-6-9-17(19)18(16)20/h6,8-13H,2-5,7H2,1H3. The Balaban J connectivity index is 2.06. The molecule has 2 aromatic rings. The van der Waals surface area contributed by atoms with Crippen molar-refractivity contribution in [2.75, 3.05) is 0 Å². The van der Waals surface area contributed by atoms with Gasteiger partial charge in [-0.15, -0.1) is 0 Å². The summed E-state index contributed by atoms with van der Waals surface area (Å²) >= 11 is 0. The van der Waals surface area contributed by atoms with Gasteiger partial charge in [0.05, 0.1) is 0 Å². The fourth-order valence-electron chi connectivity index (χ4n) is 2.33. The van der Waals surface area contributed by atoms with Crippen LogP contribution in [0.3, 0.4) is 0 Å². The second-order valence-electron chi connectivity index (χ2n) is 5.11. The van der Waals surface area contributed by atoms with Crippen LogP contribution in [0.15, 0.2) is 42.5 Å². The second-order valence-corrected chi connectivity index (χ2v) is 5.11. The van der Waals surface area contributed by atoms with Crippen LogP contribution in [0.25, 0.3) is 11.1 Å². The fraction of sp³-hybridized carbons (Fsp3) is 0.333. The van der Waals surface area contributed by atoms with Crippen molar-refractivity contribution in [3.8, 4) is 11.1 Å². The number of hydrogen-bond donors (Lipinski definition) is 0. The summed E-state index contributed by atoms with van der Waals surface area (Å²) in [7, 11) is 0. The summed E-state index contributed by atoms with van der Waals surface area (Å²) in [5.41, 5.74) is 2.29. The molecule has 20 heavy (non-hydrogen) atoms. The van der Waals surface area contributed by atoms with Crippen molar-refractivity contribution in [3.05, 3.63) is 59.7 Å². The first kappa shape index (κ1) is 14.7. The molecule has 0 unspecified atom stereocenters. The van der Waals surface area contributed by atoms with E-state index >= 15 is 0 Å². The Morgan fingerprint density at radius 1 is 0.850 bits per heavy atom. The van der Waals surface area contributed by atoms with Crippen LogP contribution in [0.5, 0.6) is 0 Å². The number of hydrogen-bond acceptors (Lipinski definition) is 0. The van der Waals surface area contributed by atoms with Crippen LogP contribution in [0.1, 0.15) is 38.2 Å². The molecule has 0 aliphatic carbocycles. The summed E-state index contributed by atoms with van der Waals surface area (Å²) in [6, 6.07) is 12.0. The lowest BCUT2D eigenvalue weighted by molar-refractivity contribution is 0.511. The van der Waals surface area contributed by atoms with Gasteiger partial charge < -0.3 is 0 Å². The molecule has 0 aromatic heterocycles. The Hall–Kier alpha value is -1.70. The van der Waals surface area contributed by atoms with Crippen molar-refractivity contribution >= 4 is 0 Å². The van der Waals surface area contributed by atoms with Crippen LogP contribution < -0.4 is 0 Å². The maximum atomic E-state index is 13.7. The molecule has 0 fully saturated rings. The third-order valence-electron chi connectivity index (χ3n) is 3.54. The van der Waals surface area contributed by atoms with E-state index in [2.05, 4.69) is 6.92 Å². The van der Waals surface area contributed by atoms with E-state index in [9.17, 15) is 8.78 Å². The van der Waals surface area contributed by atoms with E-state index in [1.165, 1.54) is 37.3 Å². The summed E-state index contributed by atoms with van der Waals surface area (Å²) in [4.78, 5) is 0. The highest BCUT2D eigenvalue weighted by atomic mass is 19.2. The van der Waals surface area contributed by atoms with E-state index in [1.807, 2.05) is 24.3 Å². The molecule has 0 aliphatic rings. The van der Waals surface area contributed by atoms with Gasteiger partial charge in [-0.05, 0) is 30.0 Å². The van der Waals surface area contributed by atoms with E-state index in [0.29, 0.717) is 5.56 Å². The largest absolute Gasteiger partial charge is 0.204 e. The normalized spacial score (nSPS) is 10.8. The second kappa shape index (κ2) is 7.18. The highest BCUT2D eigenvalue weighted by Gasteiger charge is 2.09. The lowest BCUT2D eigenvalue weighted by atomic mass is 10.0. The van der Waals surface area contributed by atoms with Crippen molar-refractivity contribution in [1.29, 1.82) is 0 Å². The number of aryl methyl sites for hydroxylation is 1. The third-order valence-corrected chi connectivity index (χ3v) is 3.54. The minimum absolute atomic E-state index is 0.322. The fourth-order valence-corrected chi connectivity index (χ4v) is 2.33. The van der Waals surface area contributed by atoms with Gasteiger partial charge in [-0.25, -0.2) is 8.78 Å². The first-order valence-electron chi connectivity index (χ1n) is 7.25. The molecule has 0 heterocycles. The molecule has 2 aromatic carbocycles. The predicted molar refractivity (Wildman–Crippen MR) is 79.6 cm³/mol. The summed E-state index contributed by atoms with van der Waals surface area (Å²) < 4.78 is 26.9. The molecule has 0 saturated carbocycles. The quantitative estimate of drug-likeness (QED) is 0.588. The minimum atomic E-state index is -0.800. The lowest BCUT2D eigenvalue weighted by Gasteiger charge is -2.06. The summed E-state index contributed by atoms with van der Waals surface area (Å²) in [6.07, 6.45) is 5.98. The molecule has 0 atom stereocenters. The van der Waals surface area contributed by atoms with Crippen LogP contribution in [0.4, 0.5) is 8.78 Å². The minimum Gasteiger partial charge on any atom is -0.204 e. The monoisotopic (exact) mass is 274 g/mol. The third kappa shape index (κ3) is 3.66. The molecule has 0 aliphatic heterocycles. The molecule has 0 N–H and O–H groups in total. The maximum absolute atomic E-state index is 13.7. The molecule has 0 amide bonds. The molecule has 2 rings (SSSR count). The number of unbranched alkanes of at least 4 members (excludes halogenated alkanes) is 3. The maximum Gasteiger partial charge on any atom is 0.166 e. The molecule has 0 radical (unpaired) electrons. The van der Waals surface area contributed by atoms with Gasteiger partial charge in [0.2, 0.25) is 0 Å². The molecule has 0 nitrogen and oxygen atoms in total. The van der Waals surface area contributed by atoms with Crippen molar-refractivity contribution in [3.63, 3.8) is 0 Å². The molecular formula is C18H20F2. The van der Waals surface area contributed by atoms with Crippen LogP contribution >= 0.6 is 0 Å². The zero-order chi connectivity index (χ0) is 14.4. The topological polar surface area (TPSA) is 0 Å². The summed E-state index contributed by atoms with van der Waals surface area (Å²) in [6.45, 7) is 2.20. The highest BCUT2D eigenvalue weighted by molar-refractivity contribution is 5.64. The Morgan fingerprint density at radius 2 is 1.60 bits per heavy atom. The van der Waals surface area contributed by atoms with Crippen LogP contribution in [0.2, 0.25) is 0 Å². The van der Waals surface area contributed by atoms with Crippen molar-refractivity contribution in [1.82, 2.24) is 0 Å². The van der Waals surface area contributed by atoms with Gasteiger partial charge >= 0.3 is 0 Å². The Labute approximate surface area is 119 Å². The Kier molecular flexibility index (Phi) is 5.28. The van der Waals surface area contributed by atoms with Gasteiger partial charge in [0.1, 0.15) is 0 Å². The van der Waals surface area contributed by atoms with Crippen molar-refractivity contribution < 1.29 is 8.78 Å². The van der Waals surface area contributed by atoms with Crippen molar-refractivity contribution in [2.24, 2.45) is 0 Å². The van der Waals surface area contributed by atoms with E-state index in [-0.39, 0.29) is 0 Å². The Morgan fingerprint density at radius 3 is 2.30 bits per heavy atom. The van der Waals surface area contributed by atoms with Crippen LogP contribution in [0, 0.1) is 11.6 Å². The smallest absolute Gasteiger partial charge is 0.166 e. The van der Waals surface area contributed by atoms with Crippen LogP contribution in [-0.4, -0.2) is 0 Å². The molecule has 2 heteroatoms. The molecular weight excluding hydrogens is 254 g/mol. The molecule has 106 valence electrons. The average Bonchev–Trinajstić information content (AvgIpc) is 2.47. The average molecular weight is 274 g/mol. The molecule has 0 spiro atoms. The van der Waals surface area contributed by atoms with Gasteiger partial charge in [0, 0.05) is 5.56 Å².